The summed E-state index contributed by atoms with van der Waals surface area (Å²) in [6, 6.07) is 9.47. The molecule has 1 fully saturated rings. The molecule has 3 aromatic rings. The highest BCUT2D eigenvalue weighted by Gasteiger charge is 2.28. The maximum Gasteiger partial charge on any atom is 0.261 e. The first kappa shape index (κ1) is 21.5. The first-order chi connectivity index (χ1) is 14.2. The fraction of sp³-hybridized carbons (Fsp3) is 0.300. The van der Waals surface area contributed by atoms with Crippen LogP contribution in [0.15, 0.2) is 41.3 Å². The average molecular weight is 485 g/mol. The van der Waals surface area contributed by atoms with Crippen molar-refractivity contribution in [2.24, 2.45) is 0 Å². The normalized spacial score (nSPS) is 16.8. The molecule has 0 N–H and O–H groups in total. The number of ether oxygens (including phenoxy) is 1. The highest BCUT2D eigenvalue weighted by atomic mass is 35.5. The van der Waals surface area contributed by atoms with Crippen LogP contribution < -0.4 is 4.90 Å². The van der Waals surface area contributed by atoms with Gasteiger partial charge in [0.1, 0.15) is 0 Å². The number of sulfone groups is 1. The van der Waals surface area contributed by atoms with E-state index < -0.39 is 9.84 Å². The van der Waals surface area contributed by atoms with Crippen LogP contribution in [-0.2, 0) is 14.6 Å². The fourth-order valence-electron chi connectivity index (χ4n) is 3.29. The van der Waals surface area contributed by atoms with Gasteiger partial charge in [-0.15, -0.1) is 0 Å². The van der Waals surface area contributed by atoms with Crippen molar-refractivity contribution >= 4 is 65.6 Å². The Hall–Kier alpha value is -1.71. The Morgan fingerprint density at radius 1 is 1.27 bits per heavy atom. The molecule has 0 radical (unpaired) electrons. The van der Waals surface area contributed by atoms with E-state index in [1.54, 1.807) is 29.2 Å². The zero-order valence-corrected chi connectivity index (χ0v) is 19.1. The standard InChI is InChI=1S/C20H18Cl2N2O4S2/c1-30(26,27)14-5-7-17-18(10-14)29-20(23-17)24(11-13-3-2-8-28-13)19(25)15-6-4-12(21)9-16(15)22/h4-7,9-10,13H,2-3,8,11H2,1H3. The van der Waals surface area contributed by atoms with Crippen LogP contribution >= 0.6 is 34.5 Å². The molecule has 0 aliphatic carbocycles. The lowest BCUT2D eigenvalue weighted by molar-refractivity contribution is 0.0917. The van der Waals surface area contributed by atoms with Crippen molar-refractivity contribution in [2.75, 3.05) is 24.3 Å². The van der Waals surface area contributed by atoms with Gasteiger partial charge < -0.3 is 4.74 Å². The van der Waals surface area contributed by atoms with Crippen LogP contribution in [0.1, 0.15) is 23.2 Å². The summed E-state index contributed by atoms with van der Waals surface area (Å²) < 4.78 is 30.2. The van der Waals surface area contributed by atoms with E-state index in [0.29, 0.717) is 39.1 Å². The molecule has 6 nitrogen and oxygen atoms in total. The van der Waals surface area contributed by atoms with E-state index >= 15 is 0 Å². The number of aromatic nitrogens is 1. The van der Waals surface area contributed by atoms with E-state index in [4.69, 9.17) is 27.9 Å². The monoisotopic (exact) mass is 484 g/mol. The molecule has 2 heterocycles. The smallest absolute Gasteiger partial charge is 0.261 e. The van der Waals surface area contributed by atoms with Crippen molar-refractivity contribution in [1.82, 2.24) is 4.98 Å². The summed E-state index contributed by atoms with van der Waals surface area (Å²) in [5.41, 5.74) is 0.935. The maximum absolute atomic E-state index is 13.4. The summed E-state index contributed by atoms with van der Waals surface area (Å²) in [7, 11) is -3.34. The fourth-order valence-corrected chi connectivity index (χ4v) is 5.51. The summed E-state index contributed by atoms with van der Waals surface area (Å²) in [6.45, 7) is 0.989. The van der Waals surface area contributed by atoms with Crippen LogP contribution in [-0.4, -0.2) is 44.8 Å². The molecule has 10 heteroatoms. The van der Waals surface area contributed by atoms with Gasteiger partial charge in [-0.05, 0) is 49.2 Å². The maximum atomic E-state index is 13.4. The number of nitrogens with zero attached hydrogens (tertiary/aromatic N) is 2. The van der Waals surface area contributed by atoms with E-state index in [-0.39, 0.29) is 21.9 Å². The summed E-state index contributed by atoms with van der Waals surface area (Å²) in [5, 5.41) is 1.16. The Labute approximate surface area is 188 Å². The minimum Gasteiger partial charge on any atom is -0.376 e. The van der Waals surface area contributed by atoms with Crippen molar-refractivity contribution in [3.63, 3.8) is 0 Å². The van der Waals surface area contributed by atoms with Gasteiger partial charge in [0.15, 0.2) is 15.0 Å². The van der Waals surface area contributed by atoms with Crippen molar-refractivity contribution in [1.29, 1.82) is 0 Å². The Kier molecular flexibility index (Phi) is 6.05. The summed E-state index contributed by atoms with van der Waals surface area (Å²) >= 11 is 13.5. The Balaban J connectivity index is 1.76. The Morgan fingerprint density at radius 2 is 2.07 bits per heavy atom. The lowest BCUT2D eigenvalue weighted by Gasteiger charge is -2.23. The van der Waals surface area contributed by atoms with Gasteiger partial charge in [0, 0.05) is 17.9 Å². The van der Waals surface area contributed by atoms with E-state index in [0.717, 1.165) is 19.1 Å². The van der Waals surface area contributed by atoms with Gasteiger partial charge in [0.05, 0.1) is 38.3 Å². The SMILES string of the molecule is CS(=O)(=O)c1ccc2nc(N(CC3CCCO3)C(=O)c3ccc(Cl)cc3Cl)sc2c1. The number of carbonyl (C=O) groups is 1. The van der Waals surface area contributed by atoms with Crippen molar-refractivity contribution in [3.8, 4) is 0 Å². The third-order valence-electron chi connectivity index (χ3n) is 4.82. The predicted molar refractivity (Wildman–Crippen MR) is 120 cm³/mol. The molecular formula is C20H18Cl2N2O4S2. The third kappa shape index (κ3) is 4.48. The number of hydrogen-bond acceptors (Lipinski definition) is 6. The number of benzene rings is 2. The second-order valence-electron chi connectivity index (χ2n) is 7.07. The largest absolute Gasteiger partial charge is 0.376 e. The van der Waals surface area contributed by atoms with E-state index in [1.165, 1.54) is 23.5 Å². The Morgan fingerprint density at radius 3 is 2.73 bits per heavy atom. The van der Waals surface area contributed by atoms with Crippen LogP contribution in [0.25, 0.3) is 10.2 Å². The quantitative estimate of drug-likeness (QED) is 0.517. The van der Waals surface area contributed by atoms with Gasteiger partial charge in [-0.2, -0.15) is 0 Å². The number of amides is 1. The molecule has 1 aliphatic heterocycles. The minimum atomic E-state index is -3.34. The number of rotatable bonds is 5. The lowest BCUT2D eigenvalue weighted by atomic mass is 10.1. The molecule has 30 heavy (non-hydrogen) atoms. The number of carbonyl (C=O) groups excluding carboxylic acids is 1. The molecule has 4 rings (SSSR count). The molecule has 2 aromatic carbocycles. The molecule has 158 valence electrons. The van der Waals surface area contributed by atoms with Gasteiger partial charge in [0.25, 0.3) is 5.91 Å². The molecule has 1 saturated heterocycles. The van der Waals surface area contributed by atoms with Crippen LogP contribution in [0, 0.1) is 0 Å². The van der Waals surface area contributed by atoms with Crippen molar-refractivity contribution < 1.29 is 17.9 Å². The van der Waals surface area contributed by atoms with Gasteiger partial charge >= 0.3 is 0 Å². The summed E-state index contributed by atoms with van der Waals surface area (Å²) in [6.07, 6.45) is 2.85. The number of hydrogen-bond donors (Lipinski definition) is 0. The second-order valence-corrected chi connectivity index (χ2v) is 10.9. The first-order valence-corrected chi connectivity index (χ1v) is 12.7. The van der Waals surface area contributed by atoms with Gasteiger partial charge in [0.2, 0.25) is 0 Å². The van der Waals surface area contributed by atoms with E-state index in [9.17, 15) is 13.2 Å². The number of fused-ring (bicyclic) bond motifs is 1. The number of halogens is 2. The van der Waals surface area contributed by atoms with Crippen molar-refractivity contribution in [3.05, 3.63) is 52.0 Å². The molecule has 1 atom stereocenters. The molecule has 1 aliphatic rings. The number of anilines is 1. The molecular weight excluding hydrogens is 467 g/mol. The average Bonchev–Trinajstić information content (AvgIpc) is 3.33. The molecule has 1 aromatic heterocycles. The van der Waals surface area contributed by atoms with Crippen LogP contribution in [0.5, 0.6) is 0 Å². The van der Waals surface area contributed by atoms with Crippen LogP contribution in [0.2, 0.25) is 10.0 Å². The Bertz CT molecular complexity index is 1220. The molecule has 0 bridgehead atoms. The first-order valence-electron chi connectivity index (χ1n) is 9.21. The zero-order valence-electron chi connectivity index (χ0n) is 16.0. The van der Waals surface area contributed by atoms with E-state index in [1.807, 2.05) is 0 Å². The second kappa shape index (κ2) is 8.43. The highest BCUT2D eigenvalue weighted by molar-refractivity contribution is 7.90. The highest BCUT2D eigenvalue weighted by Crippen LogP contribution is 2.33. The molecule has 1 unspecified atom stereocenters. The van der Waals surface area contributed by atoms with E-state index in [2.05, 4.69) is 4.98 Å². The minimum absolute atomic E-state index is 0.0985. The number of thiazole rings is 1. The lowest BCUT2D eigenvalue weighted by Crippen LogP contribution is -2.37. The topological polar surface area (TPSA) is 76.6 Å². The molecule has 0 saturated carbocycles. The zero-order chi connectivity index (χ0) is 21.5. The predicted octanol–water partition coefficient (Wildman–Crippen LogP) is 4.83. The van der Waals surface area contributed by atoms with Crippen LogP contribution in [0.3, 0.4) is 0 Å². The molecule has 0 spiro atoms. The summed E-state index contributed by atoms with van der Waals surface area (Å²) in [4.78, 5) is 19.7. The van der Waals surface area contributed by atoms with Gasteiger partial charge in [-0.25, -0.2) is 13.4 Å². The van der Waals surface area contributed by atoms with Crippen molar-refractivity contribution in [2.45, 2.75) is 23.8 Å². The third-order valence-corrected chi connectivity index (χ3v) is 7.52. The van der Waals surface area contributed by atoms with Crippen LogP contribution in [0.4, 0.5) is 5.13 Å². The van der Waals surface area contributed by atoms with Gasteiger partial charge in [-0.1, -0.05) is 34.5 Å². The summed E-state index contributed by atoms with van der Waals surface area (Å²) in [5.74, 6) is -0.311. The van der Waals surface area contributed by atoms with Gasteiger partial charge in [-0.3, -0.25) is 9.69 Å². The molecule has 1 amide bonds.